The molecule has 1 aromatic carbocycles. The molecule has 0 bridgehead atoms. The zero-order valence-corrected chi connectivity index (χ0v) is 11.5. The van der Waals surface area contributed by atoms with E-state index in [0.29, 0.717) is 17.4 Å². The molecule has 3 N–H and O–H groups in total. The molecule has 0 spiro atoms. The number of benzene rings is 1. The predicted octanol–water partition coefficient (Wildman–Crippen LogP) is 1.06. The third-order valence-corrected chi connectivity index (χ3v) is 2.33. The second kappa shape index (κ2) is 8.10. The van der Waals surface area contributed by atoms with E-state index in [1.54, 1.807) is 12.1 Å². The van der Waals surface area contributed by atoms with E-state index in [2.05, 4.69) is 22.7 Å². The first-order valence-electron chi connectivity index (χ1n) is 5.75. The van der Waals surface area contributed by atoms with E-state index in [-0.39, 0.29) is 12.5 Å². The van der Waals surface area contributed by atoms with Gasteiger partial charge in [-0.3, -0.25) is 15.6 Å². The summed E-state index contributed by atoms with van der Waals surface area (Å²) in [4.78, 5) is 11.5. The molecule has 1 rings (SSSR count). The zero-order chi connectivity index (χ0) is 14.1. The SMILES string of the molecule is C=CCNC(=S)NNC(=O)COc1cccc(C)c1. The van der Waals surface area contributed by atoms with Gasteiger partial charge in [-0.15, -0.1) is 6.58 Å². The highest BCUT2D eigenvalue weighted by Gasteiger charge is 2.03. The van der Waals surface area contributed by atoms with Crippen molar-refractivity contribution >= 4 is 23.2 Å². The van der Waals surface area contributed by atoms with Gasteiger partial charge in [0.05, 0.1) is 0 Å². The van der Waals surface area contributed by atoms with E-state index in [0.717, 1.165) is 5.56 Å². The number of rotatable bonds is 5. The van der Waals surface area contributed by atoms with Crippen LogP contribution in [0.4, 0.5) is 0 Å². The molecule has 0 saturated carbocycles. The number of ether oxygens (including phenoxy) is 1. The molecular weight excluding hydrogens is 262 g/mol. The highest BCUT2D eigenvalue weighted by Crippen LogP contribution is 2.11. The summed E-state index contributed by atoms with van der Waals surface area (Å²) in [7, 11) is 0. The van der Waals surface area contributed by atoms with Crippen LogP contribution in [0.15, 0.2) is 36.9 Å². The fourth-order valence-corrected chi connectivity index (χ4v) is 1.36. The normalized spacial score (nSPS) is 9.32. The number of hydrogen-bond acceptors (Lipinski definition) is 3. The molecular formula is C13H17N3O2S. The summed E-state index contributed by atoms with van der Waals surface area (Å²) < 4.78 is 5.33. The predicted molar refractivity (Wildman–Crippen MR) is 78.8 cm³/mol. The zero-order valence-electron chi connectivity index (χ0n) is 10.7. The summed E-state index contributed by atoms with van der Waals surface area (Å²) in [6, 6.07) is 7.48. The number of carbonyl (C=O) groups excluding carboxylic acids is 1. The van der Waals surface area contributed by atoms with Crippen molar-refractivity contribution in [3.05, 3.63) is 42.5 Å². The van der Waals surface area contributed by atoms with Crippen molar-refractivity contribution in [3.63, 3.8) is 0 Å². The van der Waals surface area contributed by atoms with E-state index in [4.69, 9.17) is 17.0 Å². The maximum Gasteiger partial charge on any atom is 0.276 e. The smallest absolute Gasteiger partial charge is 0.276 e. The third kappa shape index (κ3) is 6.42. The van der Waals surface area contributed by atoms with Crippen LogP contribution in [0.5, 0.6) is 5.75 Å². The van der Waals surface area contributed by atoms with Gasteiger partial charge in [0.1, 0.15) is 5.75 Å². The maximum absolute atomic E-state index is 11.5. The molecule has 0 saturated heterocycles. The molecule has 5 nitrogen and oxygen atoms in total. The molecule has 0 fully saturated rings. The third-order valence-electron chi connectivity index (χ3n) is 2.08. The maximum atomic E-state index is 11.5. The van der Waals surface area contributed by atoms with Gasteiger partial charge in [0.2, 0.25) is 0 Å². The Balaban J connectivity index is 2.24. The van der Waals surface area contributed by atoms with Gasteiger partial charge in [0.15, 0.2) is 11.7 Å². The second-order valence-electron chi connectivity index (χ2n) is 3.78. The first kappa shape index (κ1) is 15.0. The Kier molecular flexibility index (Phi) is 6.38. The highest BCUT2D eigenvalue weighted by atomic mass is 32.1. The Morgan fingerprint density at radius 1 is 1.47 bits per heavy atom. The number of hydrazine groups is 1. The number of nitrogens with one attached hydrogen (secondary N) is 3. The number of amides is 1. The molecule has 1 aromatic rings. The van der Waals surface area contributed by atoms with Crippen LogP contribution >= 0.6 is 12.2 Å². The van der Waals surface area contributed by atoms with Crippen molar-refractivity contribution in [1.29, 1.82) is 0 Å². The Morgan fingerprint density at radius 3 is 2.95 bits per heavy atom. The van der Waals surface area contributed by atoms with E-state index < -0.39 is 0 Å². The average Bonchev–Trinajstić information content (AvgIpc) is 2.40. The van der Waals surface area contributed by atoms with Crippen LogP contribution in [0, 0.1) is 6.92 Å². The molecule has 0 aromatic heterocycles. The van der Waals surface area contributed by atoms with Crippen molar-refractivity contribution in [2.75, 3.05) is 13.2 Å². The summed E-state index contributed by atoms with van der Waals surface area (Å²) in [5.74, 6) is 0.340. The molecule has 0 aliphatic rings. The molecule has 102 valence electrons. The number of aryl methyl sites for hydroxylation is 1. The first-order chi connectivity index (χ1) is 9.11. The molecule has 0 radical (unpaired) electrons. The van der Waals surface area contributed by atoms with Crippen LogP contribution in [0.3, 0.4) is 0 Å². The minimum absolute atomic E-state index is 0.0828. The minimum Gasteiger partial charge on any atom is -0.484 e. The average molecular weight is 279 g/mol. The van der Waals surface area contributed by atoms with Crippen molar-refractivity contribution in [1.82, 2.24) is 16.2 Å². The lowest BCUT2D eigenvalue weighted by Gasteiger charge is -2.11. The van der Waals surface area contributed by atoms with E-state index in [1.807, 2.05) is 25.1 Å². The monoisotopic (exact) mass is 279 g/mol. The first-order valence-corrected chi connectivity index (χ1v) is 6.15. The lowest BCUT2D eigenvalue weighted by molar-refractivity contribution is -0.123. The molecule has 19 heavy (non-hydrogen) atoms. The Bertz CT molecular complexity index is 463. The summed E-state index contributed by atoms with van der Waals surface area (Å²) in [6.07, 6.45) is 1.66. The van der Waals surface area contributed by atoms with Gasteiger partial charge in [-0.2, -0.15) is 0 Å². The van der Waals surface area contributed by atoms with E-state index in [9.17, 15) is 4.79 Å². The summed E-state index contributed by atoms with van der Waals surface area (Å²) in [6.45, 7) is 5.94. The van der Waals surface area contributed by atoms with Crippen LogP contribution in [0.25, 0.3) is 0 Å². The number of carbonyl (C=O) groups is 1. The van der Waals surface area contributed by atoms with E-state index in [1.165, 1.54) is 0 Å². The van der Waals surface area contributed by atoms with Gasteiger partial charge in [-0.05, 0) is 36.8 Å². The van der Waals surface area contributed by atoms with Crippen molar-refractivity contribution in [3.8, 4) is 5.75 Å². The van der Waals surface area contributed by atoms with Gasteiger partial charge in [0, 0.05) is 6.54 Å². The van der Waals surface area contributed by atoms with Crippen LogP contribution in [-0.4, -0.2) is 24.2 Å². The number of hydrogen-bond donors (Lipinski definition) is 3. The molecule has 0 unspecified atom stereocenters. The minimum atomic E-state index is -0.316. The lowest BCUT2D eigenvalue weighted by Crippen LogP contribution is -2.48. The Morgan fingerprint density at radius 2 is 2.26 bits per heavy atom. The molecule has 6 heteroatoms. The van der Waals surface area contributed by atoms with Crippen molar-refractivity contribution in [2.45, 2.75) is 6.92 Å². The van der Waals surface area contributed by atoms with Crippen LogP contribution < -0.4 is 20.9 Å². The van der Waals surface area contributed by atoms with Crippen LogP contribution in [-0.2, 0) is 4.79 Å². The van der Waals surface area contributed by atoms with Gasteiger partial charge in [0.25, 0.3) is 5.91 Å². The quantitative estimate of drug-likeness (QED) is 0.427. The van der Waals surface area contributed by atoms with Crippen molar-refractivity contribution in [2.24, 2.45) is 0 Å². The topological polar surface area (TPSA) is 62.4 Å². The number of thiocarbonyl (C=S) groups is 1. The van der Waals surface area contributed by atoms with Gasteiger partial charge in [-0.25, -0.2) is 0 Å². The molecule has 0 aliphatic heterocycles. The molecule has 0 atom stereocenters. The molecule has 0 heterocycles. The van der Waals surface area contributed by atoms with Gasteiger partial charge >= 0.3 is 0 Å². The van der Waals surface area contributed by atoms with Gasteiger partial charge < -0.3 is 10.1 Å². The lowest BCUT2D eigenvalue weighted by atomic mass is 10.2. The van der Waals surface area contributed by atoms with Gasteiger partial charge in [-0.1, -0.05) is 18.2 Å². The largest absolute Gasteiger partial charge is 0.484 e. The fourth-order valence-electron chi connectivity index (χ4n) is 1.23. The standard InChI is InChI=1S/C13H17N3O2S/c1-3-7-14-13(19)16-15-12(17)9-18-11-6-4-5-10(2)8-11/h3-6,8H,1,7,9H2,2H3,(H,15,17)(H2,14,16,19). The van der Waals surface area contributed by atoms with Crippen molar-refractivity contribution < 1.29 is 9.53 Å². The summed E-state index contributed by atoms with van der Waals surface area (Å²) in [5, 5.41) is 3.14. The summed E-state index contributed by atoms with van der Waals surface area (Å²) in [5.41, 5.74) is 6.06. The Hall–Kier alpha value is -2.08. The van der Waals surface area contributed by atoms with Crippen LogP contribution in [0.2, 0.25) is 0 Å². The van der Waals surface area contributed by atoms with E-state index >= 15 is 0 Å². The highest BCUT2D eigenvalue weighted by molar-refractivity contribution is 7.80. The summed E-state index contributed by atoms with van der Waals surface area (Å²) >= 11 is 4.91. The molecule has 1 amide bonds. The second-order valence-corrected chi connectivity index (χ2v) is 4.19. The van der Waals surface area contributed by atoms with Crippen LogP contribution in [0.1, 0.15) is 5.56 Å². The molecule has 0 aliphatic carbocycles. The fraction of sp³-hybridized carbons (Fsp3) is 0.231. The Labute approximate surface area is 118 Å².